The lowest BCUT2D eigenvalue weighted by molar-refractivity contribution is -0.129. The second kappa shape index (κ2) is 5.57. The Hall–Kier alpha value is 0.390. The molecule has 96 valence electrons. The SMILES string of the molecule is CC1(C)CN(Cc2ccc(Br)s2)CC(CCl)O1. The molecule has 2 nitrogen and oxygen atoms in total. The molecule has 1 aliphatic heterocycles. The van der Waals surface area contributed by atoms with Gasteiger partial charge in [-0.3, -0.25) is 4.90 Å². The molecule has 5 heteroatoms. The number of halogens is 2. The minimum atomic E-state index is -0.105. The summed E-state index contributed by atoms with van der Waals surface area (Å²) in [6, 6.07) is 4.28. The van der Waals surface area contributed by atoms with Crippen molar-refractivity contribution >= 4 is 38.9 Å². The summed E-state index contributed by atoms with van der Waals surface area (Å²) < 4.78 is 7.11. The lowest BCUT2D eigenvalue weighted by Gasteiger charge is -2.42. The molecule has 0 bridgehead atoms. The van der Waals surface area contributed by atoms with E-state index in [0.717, 1.165) is 19.6 Å². The molecule has 0 N–H and O–H groups in total. The van der Waals surface area contributed by atoms with Gasteiger partial charge in [0, 0.05) is 30.4 Å². The molecule has 2 heterocycles. The molecule has 1 atom stereocenters. The topological polar surface area (TPSA) is 12.5 Å². The summed E-state index contributed by atoms with van der Waals surface area (Å²) in [6.45, 7) is 7.11. The van der Waals surface area contributed by atoms with Crippen LogP contribution in [0.4, 0.5) is 0 Å². The Bertz CT molecular complexity index is 382. The molecule has 0 saturated carbocycles. The number of nitrogens with zero attached hydrogens (tertiary/aromatic N) is 1. The van der Waals surface area contributed by atoms with E-state index in [2.05, 4.69) is 46.8 Å². The zero-order chi connectivity index (χ0) is 12.5. The van der Waals surface area contributed by atoms with Gasteiger partial charge in [-0.05, 0) is 41.9 Å². The lowest BCUT2D eigenvalue weighted by atomic mass is 10.1. The van der Waals surface area contributed by atoms with Crippen LogP contribution in [0, 0.1) is 0 Å². The maximum absolute atomic E-state index is 5.92. The van der Waals surface area contributed by atoms with Crippen LogP contribution in [-0.2, 0) is 11.3 Å². The van der Waals surface area contributed by atoms with Gasteiger partial charge in [0.25, 0.3) is 0 Å². The lowest BCUT2D eigenvalue weighted by Crippen LogP contribution is -2.52. The number of alkyl halides is 1. The van der Waals surface area contributed by atoms with Crippen molar-refractivity contribution in [2.75, 3.05) is 19.0 Å². The molecular weight excluding hydrogens is 322 g/mol. The second-order valence-corrected chi connectivity index (χ2v) is 7.89. The van der Waals surface area contributed by atoms with Gasteiger partial charge in [-0.1, -0.05) is 0 Å². The normalized spacial score (nSPS) is 25.1. The molecule has 1 aromatic rings. The van der Waals surface area contributed by atoms with Crippen LogP contribution in [0.5, 0.6) is 0 Å². The Labute approximate surface area is 120 Å². The number of rotatable bonds is 3. The van der Waals surface area contributed by atoms with Gasteiger partial charge >= 0.3 is 0 Å². The second-order valence-electron chi connectivity index (χ2n) is 5.03. The number of hydrogen-bond donors (Lipinski definition) is 0. The zero-order valence-electron chi connectivity index (χ0n) is 10.1. The van der Waals surface area contributed by atoms with Gasteiger partial charge < -0.3 is 4.74 Å². The first-order chi connectivity index (χ1) is 7.98. The number of thiophene rings is 1. The van der Waals surface area contributed by atoms with E-state index in [9.17, 15) is 0 Å². The van der Waals surface area contributed by atoms with Crippen LogP contribution in [0.3, 0.4) is 0 Å². The summed E-state index contributed by atoms with van der Waals surface area (Å²) in [5.41, 5.74) is -0.105. The van der Waals surface area contributed by atoms with Gasteiger partial charge in [-0.2, -0.15) is 0 Å². The molecule has 1 saturated heterocycles. The van der Waals surface area contributed by atoms with Gasteiger partial charge in [0.2, 0.25) is 0 Å². The van der Waals surface area contributed by atoms with Gasteiger partial charge in [0.1, 0.15) is 0 Å². The Morgan fingerprint density at radius 1 is 1.59 bits per heavy atom. The number of morpholine rings is 1. The van der Waals surface area contributed by atoms with Crippen molar-refractivity contribution in [1.29, 1.82) is 0 Å². The summed E-state index contributed by atoms with van der Waals surface area (Å²) in [5, 5.41) is 0. The highest BCUT2D eigenvalue weighted by molar-refractivity contribution is 9.11. The molecule has 1 fully saturated rings. The minimum absolute atomic E-state index is 0.105. The van der Waals surface area contributed by atoms with Crippen LogP contribution in [0.15, 0.2) is 15.9 Å². The smallest absolute Gasteiger partial charge is 0.0845 e. The van der Waals surface area contributed by atoms with Gasteiger partial charge in [-0.25, -0.2) is 0 Å². The molecule has 0 radical (unpaired) electrons. The molecule has 0 aliphatic carbocycles. The van der Waals surface area contributed by atoms with Crippen LogP contribution in [-0.4, -0.2) is 35.6 Å². The van der Waals surface area contributed by atoms with Gasteiger partial charge in [0.05, 0.1) is 15.5 Å². The molecule has 0 spiro atoms. The summed E-state index contributed by atoms with van der Waals surface area (Å²) in [6.07, 6.45) is 0.142. The van der Waals surface area contributed by atoms with Crippen molar-refractivity contribution in [3.8, 4) is 0 Å². The van der Waals surface area contributed by atoms with Crippen molar-refractivity contribution < 1.29 is 4.74 Å². The van der Waals surface area contributed by atoms with E-state index >= 15 is 0 Å². The molecule has 0 amide bonds. The average Bonchev–Trinajstić information content (AvgIpc) is 2.61. The predicted molar refractivity (Wildman–Crippen MR) is 77.0 cm³/mol. The Kier molecular flexibility index (Phi) is 4.53. The van der Waals surface area contributed by atoms with E-state index in [1.165, 1.54) is 8.66 Å². The third-order valence-electron chi connectivity index (χ3n) is 2.73. The quantitative estimate of drug-likeness (QED) is 0.779. The predicted octanol–water partition coefficient (Wildman–Crippen LogP) is 3.73. The van der Waals surface area contributed by atoms with E-state index in [1.807, 2.05) is 0 Å². The molecule has 0 aromatic carbocycles. The van der Waals surface area contributed by atoms with Crippen LogP contribution >= 0.6 is 38.9 Å². The molecule has 1 aliphatic rings. The van der Waals surface area contributed by atoms with E-state index in [-0.39, 0.29) is 11.7 Å². The van der Waals surface area contributed by atoms with Gasteiger partial charge in [0.15, 0.2) is 0 Å². The minimum Gasteiger partial charge on any atom is -0.368 e. The van der Waals surface area contributed by atoms with E-state index < -0.39 is 0 Å². The maximum Gasteiger partial charge on any atom is 0.0845 e. The summed E-state index contributed by atoms with van der Waals surface area (Å²) >= 11 is 11.2. The largest absolute Gasteiger partial charge is 0.368 e. The molecular formula is C12H17BrClNOS. The van der Waals surface area contributed by atoms with Crippen LogP contribution in [0.25, 0.3) is 0 Å². The first kappa shape index (κ1) is 13.8. The first-order valence-electron chi connectivity index (χ1n) is 5.69. The van der Waals surface area contributed by atoms with Crippen LogP contribution in [0.2, 0.25) is 0 Å². The molecule has 1 unspecified atom stereocenters. The van der Waals surface area contributed by atoms with Crippen molar-refractivity contribution in [3.63, 3.8) is 0 Å². The van der Waals surface area contributed by atoms with Crippen molar-refractivity contribution in [2.45, 2.75) is 32.1 Å². The Balaban J connectivity index is 2.00. The van der Waals surface area contributed by atoms with Crippen molar-refractivity contribution in [1.82, 2.24) is 4.90 Å². The van der Waals surface area contributed by atoms with Crippen molar-refractivity contribution in [2.24, 2.45) is 0 Å². The third kappa shape index (κ3) is 3.93. The Morgan fingerprint density at radius 2 is 2.35 bits per heavy atom. The highest BCUT2D eigenvalue weighted by Crippen LogP contribution is 2.27. The number of ether oxygens (including phenoxy) is 1. The molecule has 17 heavy (non-hydrogen) atoms. The van der Waals surface area contributed by atoms with E-state index in [4.69, 9.17) is 16.3 Å². The van der Waals surface area contributed by atoms with E-state index in [1.54, 1.807) is 11.3 Å². The summed E-state index contributed by atoms with van der Waals surface area (Å²) in [7, 11) is 0. The standard InChI is InChI=1S/C12H17BrClNOS/c1-12(2)8-15(6-9(5-14)16-12)7-10-3-4-11(13)17-10/h3-4,9H,5-8H2,1-2H3. The third-order valence-corrected chi connectivity index (χ3v) is 4.68. The monoisotopic (exact) mass is 337 g/mol. The fourth-order valence-corrected chi connectivity index (χ4v) is 3.96. The van der Waals surface area contributed by atoms with E-state index in [0.29, 0.717) is 5.88 Å². The highest BCUT2D eigenvalue weighted by atomic mass is 79.9. The van der Waals surface area contributed by atoms with Gasteiger partial charge in [-0.15, -0.1) is 22.9 Å². The van der Waals surface area contributed by atoms with Crippen molar-refractivity contribution in [3.05, 3.63) is 20.8 Å². The fourth-order valence-electron chi connectivity index (χ4n) is 2.27. The first-order valence-corrected chi connectivity index (χ1v) is 7.83. The Morgan fingerprint density at radius 3 is 2.94 bits per heavy atom. The summed E-state index contributed by atoms with van der Waals surface area (Å²) in [5.74, 6) is 0.564. The molecule has 2 rings (SSSR count). The highest BCUT2D eigenvalue weighted by Gasteiger charge is 2.32. The van der Waals surface area contributed by atoms with Crippen LogP contribution in [0.1, 0.15) is 18.7 Å². The molecule has 1 aromatic heterocycles. The zero-order valence-corrected chi connectivity index (χ0v) is 13.2. The van der Waals surface area contributed by atoms with Crippen LogP contribution < -0.4 is 0 Å². The average molecular weight is 339 g/mol. The summed E-state index contributed by atoms with van der Waals surface area (Å²) in [4.78, 5) is 3.80. The maximum atomic E-state index is 5.92. The fraction of sp³-hybridized carbons (Fsp3) is 0.667. The number of hydrogen-bond acceptors (Lipinski definition) is 3.